The minimum Gasteiger partial charge on any atom is -0.375 e. The third-order valence-electron chi connectivity index (χ3n) is 4.58. The van der Waals surface area contributed by atoms with E-state index in [1.807, 2.05) is 4.90 Å². The molecule has 0 aromatic rings. The standard InChI is InChI=1S/C15H26N2O4/c1-12(18)17-6-4-15(5-7-17)8-13(21-11-15)9-20-10-14(19)16(2)3/h13H,4-11H2,1-3H3. The van der Waals surface area contributed by atoms with Crippen LogP contribution in [0.1, 0.15) is 26.2 Å². The molecule has 6 nitrogen and oxygen atoms in total. The molecular weight excluding hydrogens is 272 g/mol. The molecule has 6 heteroatoms. The molecule has 2 saturated heterocycles. The molecule has 0 aromatic carbocycles. The van der Waals surface area contributed by atoms with Crippen molar-refractivity contribution >= 4 is 11.8 Å². The molecule has 0 saturated carbocycles. The predicted molar refractivity (Wildman–Crippen MR) is 77.8 cm³/mol. The van der Waals surface area contributed by atoms with Gasteiger partial charge in [-0.2, -0.15) is 0 Å². The van der Waals surface area contributed by atoms with Gasteiger partial charge in [-0.05, 0) is 24.7 Å². The van der Waals surface area contributed by atoms with Crippen LogP contribution in [0.25, 0.3) is 0 Å². The fourth-order valence-electron chi connectivity index (χ4n) is 3.05. The summed E-state index contributed by atoms with van der Waals surface area (Å²) in [5, 5.41) is 0. The van der Waals surface area contributed by atoms with Crippen molar-refractivity contribution in [3.05, 3.63) is 0 Å². The van der Waals surface area contributed by atoms with E-state index in [4.69, 9.17) is 9.47 Å². The van der Waals surface area contributed by atoms with Gasteiger partial charge in [0.1, 0.15) is 6.61 Å². The number of hydrogen-bond acceptors (Lipinski definition) is 4. The molecule has 2 aliphatic rings. The van der Waals surface area contributed by atoms with Crippen LogP contribution in [-0.2, 0) is 19.1 Å². The van der Waals surface area contributed by atoms with Crippen molar-refractivity contribution in [1.29, 1.82) is 0 Å². The van der Waals surface area contributed by atoms with E-state index in [9.17, 15) is 9.59 Å². The Labute approximate surface area is 126 Å². The molecule has 0 radical (unpaired) electrons. The van der Waals surface area contributed by atoms with Crippen molar-refractivity contribution in [2.75, 3.05) is 47.0 Å². The Morgan fingerprint density at radius 1 is 1.33 bits per heavy atom. The number of likely N-dealkylation sites (tertiary alicyclic amines) is 1. The molecular formula is C15H26N2O4. The van der Waals surface area contributed by atoms with Crippen molar-refractivity contribution in [1.82, 2.24) is 9.80 Å². The van der Waals surface area contributed by atoms with Gasteiger partial charge in [-0.25, -0.2) is 0 Å². The molecule has 0 aromatic heterocycles. The fraction of sp³-hybridized carbons (Fsp3) is 0.867. The summed E-state index contributed by atoms with van der Waals surface area (Å²) in [7, 11) is 3.44. The van der Waals surface area contributed by atoms with E-state index in [-0.39, 0.29) is 29.9 Å². The van der Waals surface area contributed by atoms with Crippen LogP contribution in [0.3, 0.4) is 0 Å². The summed E-state index contributed by atoms with van der Waals surface area (Å²) in [5.74, 6) is 0.128. The second-order valence-electron chi connectivity index (χ2n) is 6.45. The molecule has 1 atom stereocenters. The lowest BCUT2D eigenvalue weighted by atomic mass is 9.76. The Kier molecular flexibility index (Phi) is 5.22. The van der Waals surface area contributed by atoms with Gasteiger partial charge in [0.15, 0.2) is 0 Å². The topological polar surface area (TPSA) is 59.1 Å². The van der Waals surface area contributed by atoms with Crippen LogP contribution in [0.5, 0.6) is 0 Å². The van der Waals surface area contributed by atoms with E-state index in [1.54, 1.807) is 21.0 Å². The van der Waals surface area contributed by atoms with Crippen molar-refractivity contribution in [3.63, 3.8) is 0 Å². The highest BCUT2D eigenvalue weighted by Gasteiger charge is 2.42. The Balaban J connectivity index is 1.71. The number of carbonyl (C=O) groups is 2. The number of nitrogens with zero attached hydrogens (tertiary/aromatic N) is 2. The summed E-state index contributed by atoms with van der Waals surface area (Å²) in [6.07, 6.45) is 3.04. The molecule has 120 valence electrons. The number of piperidine rings is 1. The van der Waals surface area contributed by atoms with E-state index >= 15 is 0 Å². The molecule has 2 aliphatic heterocycles. The first-order valence-electron chi connectivity index (χ1n) is 7.57. The van der Waals surface area contributed by atoms with Crippen LogP contribution in [-0.4, -0.2) is 74.7 Å². The molecule has 1 spiro atoms. The van der Waals surface area contributed by atoms with Gasteiger partial charge in [-0.15, -0.1) is 0 Å². The van der Waals surface area contributed by atoms with E-state index in [0.29, 0.717) is 6.61 Å². The lowest BCUT2D eigenvalue weighted by Crippen LogP contribution is -2.42. The van der Waals surface area contributed by atoms with Gasteiger partial charge in [0.2, 0.25) is 11.8 Å². The first-order valence-corrected chi connectivity index (χ1v) is 7.57. The minimum atomic E-state index is -0.0301. The van der Waals surface area contributed by atoms with Crippen LogP contribution in [0, 0.1) is 5.41 Å². The Hall–Kier alpha value is -1.14. The average molecular weight is 298 g/mol. The molecule has 0 bridgehead atoms. The maximum absolute atomic E-state index is 11.4. The maximum Gasteiger partial charge on any atom is 0.248 e. The zero-order valence-electron chi connectivity index (χ0n) is 13.3. The summed E-state index contributed by atoms with van der Waals surface area (Å²) < 4.78 is 11.3. The summed E-state index contributed by atoms with van der Waals surface area (Å²) in [4.78, 5) is 26.2. The quantitative estimate of drug-likeness (QED) is 0.759. The third-order valence-corrected chi connectivity index (χ3v) is 4.58. The number of rotatable bonds is 4. The predicted octanol–water partition coefficient (Wildman–Crippen LogP) is 0.509. The second-order valence-corrected chi connectivity index (χ2v) is 6.45. The smallest absolute Gasteiger partial charge is 0.248 e. The highest BCUT2D eigenvalue weighted by Crippen LogP contribution is 2.41. The first-order chi connectivity index (χ1) is 9.92. The van der Waals surface area contributed by atoms with Crippen molar-refractivity contribution in [2.24, 2.45) is 5.41 Å². The van der Waals surface area contributed by atoms with Crippen molar-refractivity contribution < 1.29 is 19.1 Å². The lowest BCUT2D eigenvalue weighted by molar-refractivity contribution is -0.134. The summed E-state index contributed by atoms with van der Waals surface area (Å²) in [5.41, 5.74) is 0.200. The van der Waals surface area contributed by atoms with Gasteiger partial charge in [-0.3, -0.25) is 9.59 Å². The highest BCUT2D eigenvalue weighted by molar-refractivity contribution is 5.76. The van der Waals surface area contributed by atoms with Gasteiger partial charge in [0, 0.05) is 34.1 Å². The fourth-order valence-corrected chi connectivity index (χ4v) is 3.05. The van der Waals surface area contributed by atoms with Gasteiger partial charge in [0.05, 0.1) is 19.3 Å². The lowest BCUT2D eigenvalue weighted by Gasteiger charge is -2.38. The van der Waals surface area contributed by atoms with Crippen LogP contribution in [0.2, 0.25) is 0 Å². The maximum atomic E-state index is 11.4. The second kappa shape index (κ2) is 6.75. The Morgan fingerprint density at radius 3 is 2.57 bits per heavy atom. The monoisotopic (exact) mass is 298 g/mol. The summed E-state index contributed by atoms with van der Waals surface area (Å²) >= 11 is 0. The van der Waals surface area contributed by atoms with Crippen LogP contribution >= 0.6 is 0 Å². The number of ether oxygens (including phenoxy) is 2. The minimum absolute atomic E-state index is 0.0301. The largest absolute Gasteiger partial charge is 0.375 e. The Morgan fingerprint density at radius 2 is 2.00 bits per heavy atom. The van der Waals surface area contributed by atoms with E-state index in [2.05, 4.69) is 0 Å². The van der Waals surface area contributed by atoms with Gasteiger partial charge < -0.3 is 19.3 Å². The number of carbonyl (C=O) groups excluding carboxylic acids is 2. The van der Waals surface area contributed by atoms with Crippen molar-refractivity contribution in [3.8, 4) is 0 Å². The van der Waals surface area contributed by atoms with E-state index < -0.39 is 0 Å². The molecule has 2 amide bonds. The zero-order valence-corrected chi connectivity index (χ0v) is 13.3. The van der Waals surface area contributed by atoms with Crippen molar-refractivity contribution in [2.45, 2.75) is 32.3 Å². The van der Waals surface area contributed by atoms with Crippen LogP contribution in [0.4, 0.5) is 0 Å². The van der Waals surface area contributed by atoms with Crippen LogP contribution in [0.15, 0.2) is 0 Å². The van der Waals surface area contributed by atoms with Gasteiger partial charge in [-0.1, -0.05) is 0 Å². The van der Waals surface area contributed by atoms with Gasteiger partial charge in [0.25, 0.3) is 0 Å². The first kappa shape index (κ1) is 16.2. The Bertz CT molecular complexity index is 389. The molecule has 2 fully saturated rings. The molecule has 0 aliphatic carbocycles. The number of amides is 2. The highest BCUT2D eigenvalue weighted by atomic mass is 16.5. The summed E-state index contributed by atoms with van der Waals surface area (Å²) in [6, 6.07) is 0. The molecule has 0 N–H and O–H groups in total. The van der Waals surface area contributed by atoms with E-state index in [0.717, 1.165) is 39.0 Å². The number of hydrogen-bond donors (Lipinski definition) is 0. The third kappa shape index (κ3) is 4.17. The molecule has 1 unspecified atom stereocenters. The summed E-state index contributed by atoms with van der Waals surface area (Å²) in [6.45, 7) is 4.60. The SMILES string of the molecule is CC(=O)N1CCC2(CC1)COC(COCC(=O)N(C)C)C2. The molecule has 2 rings (SSSR count). The van der Waals surface area contributed by atoms with E-state index in [1.165, 1.54) is 4.90 Å². The zero-order chi connectivity index (χ0) is 15.5. The molecule has 2 heterocycles. The molecule has 21 heavy (non-hydrogen) atoms. The van der Waals surface area contributed by atoms with Gasteiger partial charge >= 0.3 is 0 Å². The van der Waals surface area contributed by atoms with Crippen LogP contribution < -0.4 is 0 Å². The average Bonchev–Trinajstić information content (AvgIpc) is 2.82. The number of likely N-dealkylation sites (N-methyl/N-ethyl adjacent to an activating group) is 1. The normalized spacial score (nSPS) is 24.3.